The Morgan fingerprint density at radius 1 is 1.32 bits per heavy atom. The Morgan fingerprint density at radius 2 is 2.05 bits per heavy atom. The monoisotopic (exact) mass is 303 g/mol. The number of aromatic nitrogens is 2. The number of rotatable bonds is 7. The van der Waals surface area contributed by atoms with Crippen LogP contribution in [0.25, 0.3) is 0 Å². The topological polar surface area (TPSA) is 102 Å². The molecule has 0 saturated heterocycles. The molecule has 0 unspecified atom stereocenters. The summed E-state index contributed by atoms with van der Waals surface area (Å²) in [6.07, 6.45) is 1.68. The number of nitro groups is 1. The lowest BCUT2D eigenvalue weighted by atomic mass is 10.1. The molecule has 0 aliphatic rings. The van der Waals surface area contributed by atoms with Gasteiger partial charge in [-0.2, -0.15) is 0 Å². The molecule has 0 atom stereocenters. The van der Waals surface area contributed by atoms with Crippen LogP contribution in [0.4, 0.5) is 11.6 Å². The second kappa shape index (κ2) is 7.21. The minimum Gasteiger partial charge on any atom is -0.363 e. The summed E-state index contributed by atoms with van der Waals surface area (Å²) in [6.45, 7) is 0.745. The first-order valence-corrected chi connectivity index (χ1v) is 6.78. The van der Waals surface area contributed by atoms with E-state index >= 15 is 0 Å². The SMILES string of the molecule is Cn1cnc([N+](=O)[O-])c1NCCNC(=O)Cc1ccccc1. The predicted molar refractivity (Wildman–Crippen MR) is 81.5 cm³/mol. The van der Waals surface area contributed by atoms with Crippen LogP contribution in [-0.2, 0) is 18.3 Å². The molecule has 0 spiro atoms. The molecule has 1 aromatic carbocycles. The smallest absolute Gasteiger partial charge is 0.363 e. The van der Waals surface area contributed by atoms with E-state index in [1.165, 1.54) is 10.9 Å². The average Bonchev–Trinajstić information content (AvgIpc) is 2.86. The number of hydrogen-bond acceptors (Lipinski definition) is 5. The molecule has 2 rings (SSSR count). The molecule has 116 valence electrons. The van der Waals surface area contributed by atoms with Crippen LogP contribution in [-0.4, -0.2) is 33.5 Å². The Labute approximate surface area is 127 Å². The molecule has 0 bridgehead atoms. The third-order valence-corrected chi connectivity index (χ3v) is 3.04. The van der Waals surface area contributed by atoms with Gasteiger partial charge >= 0.3 is 5.82 Å². The molecule has 1 heterocycles. The fraction of sp³-hybridized carbons (Fsp3) is 0.286. The highest BCUT2D eigenvalue weighted by Crippen LogP contribution is 2.20. The first-order valence-electron chi connectivity index (χ1n) is 6.78. The van der Waals surface area contributed by atoms with E-state index in [1.807, 2.05) is 30.3 Å². The van der Waals surface area contributed by atoms with Gasteiger partial charge in [-0.1, -0.05) is 30.3 Å². The van der Waals surface area contributed by atoms with Gasteiger partial charge in [-0.15, -0.1) is 0 Å². The maximum atomic E-state index is 11.8. The Kier molecular flexibility index (Phi) is 5.07. The Balaban J connectivity index is 1.77. The van der Waals surface area contributed by atoms with E-state index in [-0.39, 0.29) is 11.7 Å². The summed E-state index contributed by atoms with van der Waals surface area (Å²) in [4.78, 5) is 25.7. The molecule has 2 aromatic rings. The molecule has 0 radical (unpaired) electrons. The van der Waals surface area contributed by atoms with E-state index in [4.69, 9.17) is 0 Å². The zero-order valence-electron chi connectivity index (χ0n) is 12.2. The fourth-order valence-electron chi connectivity index (χ4n) is 1.98. The first kappa shape index (κ1) is 15.5. The molecule has 2 N–H and O–H groups in total. The number of hydrogen-bond donors (Lipinski definition) is 2. The third kappa shape index (κ3) is 4.05. The van der Waals surface area contributed by atoms with Gasteiger partial charge in [0.25, 0.3) is 0 Å². The molecule has 1 amide bonds. The summed E-state index contributed by atoms with van der Waals surface area (Å²) in [5.41, 5.74) is 0.940. The number of imidazole rings is 1. The zero-order chi connectivity index (χ0) is 15.9. The lowest BCUT2D eigenvalue weighted by Gasteiger charge is -2.08. The van der Waals surface area contributed by atoms with Gasteiger partial charge in [0.15, 0.2) is 0 Å². The molecule has 8 heteroatoms. The number of benzene rings is 1. The number of amides is 1. The number of carbonyl (C=O) groups is 1. The summed E-state index contributed by atoms with van der Waals surface area (Å²) in [5, 5.41) is 16.5. The van der Waals surface area contributed by atoms with Crippen LogP contribution in [0, 0.1) is 10.1 Å². The second-order valence-electron chi connectivity index (χ2n) is 4.72. The molecular weight excluding hydrogens is 286 g/mol. The van der Waals surface area contributed by atoms with Gasteiger partial charge in [0, 0.05) is 20.1 Å². The van der Waals surface area contributed by atoms with E-state index in [0.717, 1.165) is 5.56 Å². The van der Waals surface area contributed by atoms with Gasteiger partial charge in [0.1, 0.15) is 0 Å². The Morgan fingerprint density at radius 3 is 2.73 bits per heavy atom. The summed E-state index contributed by atoms with van der Waals surface area (Å²) in [5.74, 6) is 0.00734. The van der Waals surface area contributed by atoms with Crippen molar-refractivity contribution >= 4 is 17.5 Å². The summed E-state index contributed by atoms with van der Waals surface area (Å²) in [6, 6.07) is 9.43. The molecule has 22 heavy (non-hydrogen) atoms. The van der Waals surface area contributed by atoms with Crippen LogP contribution in [0.3, 0.4) is 0 Å². The largest absolute Gasteiger partial charge is 0.406 e. The molecular formula is C14H17N5O3. The minimum absolute atomic E-state index is 0.0903. The first-order chi connectivity index (χ1) is 10.6. The van der Waals surface area contributed by atoms with E-state index in [2.05, 4.69) is 15.6 Å². The van der Waals surface area contributed by atoms with Crippen LogP contribution >= 0.6 is 0 Å². The van der Waals surface area contributed by atoms with Gasteiger partial charge in [-0.25, -0.2) is 0 Å². The summed E-state index contributed by atoms with van der Waals surface area (Å²) in [7, 11) is 1.66. The van der Waals surface area contributed by atoms with E-state index in [9.17, 15) is 14.9 Å². The van der Waals surface area contributed by atoms with E-state index in [0.29, 0.717) is 25.3 Å². The quantitative estimate of drug-likeness (QED) is 0.453. The Hall–Kier alpha value is -2.90. The predicted octanol–water partition coefficient (Wildman–Crippen LogP) is 1.10. The molecule has 0 fully saturated rings. The van der Waals surface area contributed by atoms with E-state index in [1.54, 1.807) is 7.05 Å². The van der Waals surface area contributed by atoms with Gasteiger partial charge < -0.3 is 20.7 Å². The number of aryl methyl sites for hydroxylation is 1. The van der Waals surface area contributed by atoms with Crippen molar-refractivity contribution in [2.24, 2.45) is 7.05 Å². The number of nitrogens with zero attached hydrogens (tertiary/aromatic N) is 3. The van der Waals surface area contributed by atoms with E-state index < -0.39 is 4.92 Å². The van der Waals surface area contributed by atoms with Crippen molar-refractivity contribution in [2.45, 2.75) is 6.42 Å². The van der Waals surface area contributed by atoms with Crippen LogP contribution < -0.4 is 10.6 Å². The Bertz CT molecular complexity index is 654. The van der Waals surface area contributed by atoms with Crippen molar-refractivity contribution in [1.29, 1.82) is 0 Å². The van der Waals surface area contributed by atoms with Gasteiger partial charge in [-0.3, -0.25) is 9.36 Å². The van der Waals surface area contributed by atoms with Crippen molar-refractivity contribution in [1.82, 2.24) is 14.9 Å². The zero-order valence-corrected chi connectivity index (χ0v) is 12.2. The maximum Gasteiger partial charge on any atom is 0.406 e. The summed E-state index contributed by atoms with van der Waals surface area (Å²) >= 11 is 0. The highest BCUT2D eigenvalue weighted by molar-refractivity contribution is 5.78. The van der Waals surface area contributed by atoms with Crippen molar-refractivity contribution in [3.05, 3.63) is 52.3 Å². The second-order valence-corrected chi connectivity index (χ2v) is 4.72. The van der Waals surface area contributed by atoms with Crippen molar-refractivity contribution in [2.75, 3.05) is 18.4 Å². The fourth-order valence-corrected chi connectivity index (χ4v) is 1.98. The van der Waals surface area contributed by atoms with Crippen molar-refractivity contribution in [3.8, 4) is 0 Å². The molecule has 0 aliphatic heterocycles. The van der Waals surface area contributed by atoms with Crippen molar-refractivity contribution in [3.63, 3.8) is 0 Å². The highest BCUT2D eigenvalue weighted by atomic mass is 16.6. The third-order valence-electron chi connectivity index (χ3n) is 3.04. The average molecular weight is 303 g/mol. The molecule has 0 aliphatic carbocycles. The van der Waals surface area contributed by atoms with Crippen LogP contribution in [0.2, 0.25) is 0 Å². The van der Waals surface area contributed by atoms with Crippen LogP contribution in [0.1, 0.15) is 5.56 Å². The van der Waals surface area contributed by atoms with Crippen molar-refractivity contribution < 1.29 is 9.72 Å². The standard InChI is InChI=1S/C14H17N5O3/c1-18-10-17-14(19(21)22)13(18)16-8-7-15-12(20)9-11-5-3-2-4-6-11/h2-6,10,16H,7-9H2,1H3,(H,15,20). The lowest BCUT2D eigenvalue weighted by Crippen LogP contribution is -2.30. The number of carbonyl (C=O) groups excluding carboxylic acids is 1. The van der Waals surface area contributed by atoms with Gasteiger partial charge in [0.2, 0.25) is 18.1 Å². The van der Waals surface area contributed by atoms with Crippen LogP contribution in [0.15, 0.2) is 36.7 Å². The summed E-state index contributed by atoms with van der Waals surface area (Å²) < 4.78 is 1.53. The highest BCUT2D eigenvalue weighted by Gasteiger charge is 2.19. The van der Waals surface area contributed by atoms with Gasteiger partial charge in [0.05, 0.1) is 6.42 Å². The number of anilines is 1. The number of nitrogens with one attached hydrogen (secondary N) is 2. The lowest BCUT2D eigenvalue weighted by molar-refractivity contribution is -0.388. The maximum absolute atomic E-state index is 11.8. The molecule has 8 nitrogen and oxygen atoms in total. The van der Waals surface area contributed by atoms with Gasteiger partial charge in [-0.05, 0) is 15.5 Å². The minimum atomic E-state index is -0.545. The molecule has 1 aromatic heterocycles. The molecule has 0 saturated carbocycles. The normalized spacial score (nSPS) is 10.2. The van der Waals surface area contributed by atoms with Crippen LogP contribution in [0.5, 0.6) is 0 Å².